The fourth-order valence-electron chi connectivity index (χ4n) is 2.85. The Morgan fingerprint density at radius 1 is 1.37 bits per heavy atom. The number of rotatable bonds is 8. The second kappa shape index (κ2) is 9.18. The topological polar surface area (TPSA) is 64.0 Å². The van der Waals surface area contributed by atoms with E-state index >= 15 is 0 Å². The maximum atomic E-state index is 13.2. The van der Waals surface area contributed by atoms with Gasteiger partial charge in [-0.2, -0.15) is 0 Å². The molecule has 0 aliphatic carbocycles. The summed E-state index contributed by atoms with van der Waals surface area (Å²) in [6.07, 6.45) is 2.51. The summed E-state index contributed by atoms with van der Waals surface area (Å²) in [4.78, 5) is 31.6. The van der Waals surface area contributed by atoms with Crippen LogP contribution in [0.15, 0.2) is 59.0 Å². The third-order valence-corrected chi connectivity index (χ3v) is 7.22. The molecule has 0 saturated carbocycles. The van der Waals surface area contributed by atoms with Gasteiger partial charge in [-0.05, 0) is 38.8 Å². The molecule has 7 heteroatoms. The van der Waals surface area contributed by atoms with Gasteiger partial charge >= 0.3 is 0 Å². The lowest BCUT2D eigenvalue weighted by atomic mass is 10.0. The largest absolute Gasteiger partial charge is 0.350 e. The molecule has 1 unspecified atom stereocenters. The van der Waals surface area contributed by atoms with E-state index in [0.29, 0.717) is 21.9 Å². The number of benzene rings is 1. The van der Waals surface area contributed by atoms with Crippen LogP contribution in [-0.4, -0.2) is 26.2 Å². The van der Waals surface area contributed by atoms with E-state index < -0.39 is 0 Å². The smallest absolute Gasteiger partial charge is 0.272 e. The van der Waals surface area contributed by atoms with Crippen molar-refractivity contribution < 1.29 is 4.79 Å². The molecule has 0 bridgehead atoms. The fourth-order valence-corrected chi connectivity index (χ4v) is 4.82. The molecule has 1 amide bonds. The highest BCUT2D eigenvalue weighted by molar-refractivity contribution is 8.00. The Bertz CT molecular complexity index is 1120. The Morgan fingerprint density at radius 3 is 2.70 bits per heavy atom. The number of fused-ring (bicyclic) bond motifs is 1. The number of nitrogens with one attached hydrogen (secondary N) is 1. The molecule has 0 aliphatic heterocycles. The minimum Gasteiger partial charge on any atom is -0.350 e. The van der Waals surface area contributed by atoms with Crippen molar-refractivity contribution in [3.05, 3.63) is 59.4 Å². The number of carbonyl (C=O) groups excluding carboxylic acids is 1. The van der Waals surface area contributed by atoms with Crippen LogP contribution < -0.4 is 10.9 Å². The van der Waals surface area contributed by atoms with E-state index in [-0.39, 0.29) is 22.3 Å². The number of allylic oxidation sites excluding steroid dienone is 1. The van der Waals surface area contributed by atoms with E-state index in [0.717, 1.165) is 16.9 Å². The standard InChI is InChI=1S/C23H27N3O2S2/c1-6-13-26-21(28)19-17(14-18(30-19)16-11-9-8-10-12-16)24-22(26)29-15(3)20(27)25-23(4,5)7-2/h6,8-12,14-15H,1,7,13H2,2-5H3,(H,25,27). The van der Waals surface area contributed by atoms with Crippen LogP contribution in [0.25, 0.3) is 20.7 Å². The molecule has 0 aliphatic rings. The van der Waals surface area contributed by atoms with E-state index in [1.165, 1.54) is 23.1 Å². The summed E-state index contributed by atoms with van der Waals surface area (Å²) in [7, 11) is 0. The van der Waals surface area contributed by atoms with E-state index in [1.54, 1.807) is 10.6 Å². The van der Waals surface area contributed by atoms with Crippen molar-refractivity contribution in [1.82, 2.24) is 14.9 Å². The molecule has 0 radical (unpaired) electrons. The highest BCUT2D eigenvalue weighted by Gasteiger charge is 2.24. The third-order valence-electron chi connectivity index (χ3n) is 4.97. The Morgan fingerprint density at radius 2 is 2.07 bits per heavy atom. The van der Waals surface area contributed by atoms with E-state index in [1.807, 2.05) is 64.1 Å². The van der Waals surface area contributed by atoms with Gasteiger partial charge in [0.15, 0.2) is 5.16 Å². The van der Waals surface area contributed by atoms with Crippen LogP contribution in [0, 0.1) is 0 Å². The van der Waals surface area contributed by atoms with Gasteiger partial charge in [0.2, 0.25) is 5.91 Å². The van der Waals surface area contributed by atoms with Crippen LogP contribution in [0.3, 0.4) is 0 Å². The van der Waals surface area contributed by atoms with Gasteiger partial charge in [0, 0.05) is 17.0 Å². The molecule has 1 atom stereocenters. The predicted molar refractivity (Wildman–Crippen MR) is 127 cm³/mol. The van der Waals surface area contributed by atoms with Crippen molar-refractivity contribution >= 4 is 39.2 Å². The average Bonchev–Trinajstić information content (AvgIpc) is 3.15. The predicted octanol–water partition coefficient (Wildman–Crippen LogP) is 5.10. The highest BCUT2D eigenvalue weighted by Crippen LogP contribution is 2.32. The first-order valence-electron chi connectivity index (χ1n) is 9.95. The van der Waals surface area contributed by atoms with Crippen molar-refractivity contribution in [3.63, 3.8) is 0 Å². The number of thioether (sulfide) groups is 1. The van der Waals surface area contributed by atoms with Gasteiger partial charge in [0.25, 0.3) is 5.56 Å². The lowest BCUT2D eigenvalue weighted by molar-refractivity contribution is -0.121. The minimum atomic E-state index is -0.386. The Balaban J connectivity index is 1.99. The molecule has 3 aromatic rings. The molecule has 0 spiro atoms. The van der Waals surface area contributed by atoms with Gasteiger partial charge in [-0.25, -0.2) is 4.98 Å². The molecule has 1 aromatic carbocycles. The van der Waals surface area contributed by atoms with Gasteiger partial charge < -0.3 is 5.32 Å². The summed E-state index contributed by atoms with van der Waals surface area (Å²) in [6.45, 7) is 12.0. The molecule has 0 fully saturated rings. The van der Waals surface area contributed by atoms with Crippen LogP contribution in [0.4, 0.5) is 0 Å². The summed E-state index contributed by atoms with van der Waals surface area (Å²) in [5.41, 5.74) is 1.34. The number of carbonyl (C=O) groups is 1. The molecule has 158 valence electrons. The molecular weight excluding hydrogens is 414 g/mol. The number of hydrogen-bond donors (Lipinski definition) is 1. The van der Waals surface area contributed by atoms with Gasteiger partial charge in [-0.15, -0.1) is 17.9 Å². The van der Waals surface area contributed by atoms with Gasteiger partial charge in [-0.3, -0.25) is 14.2 Å². The van der Waals surface area contributed by atoms with Crippen molar-refractivity contribution in [3.8, 4) is 10.4 Å². The monoisotopic (exact) mass is 441 g/mol. The lowest BCUT2D eigenvalue weighted by Crippen LogP contribution is -2.46. The van der Waals surface area contributed by atoms with Crippen molar-refractivity contribution in [2.45, 2.75) is 56.6 Å². The first kappa shape index (κ1) is 22.3. The normalized spacial score (nSPS) is 12.7. The molecule has 5 nitrogen and oxygen atoms in total. The maximum absolute atomic E-state index is 13.2. The lowest BCUT2D eigenvalue weighted by Gasteiger charge is -2.26. The molecule has 0 saturated heterocycles. The van der Waals surface area contributed by atoms with Gasteiger partial charge in [0.05, 0.1) is 10.8 Å². The van der Waals surface area contributed by atoms with Crippen LogP contribution in [0.1, 0.15) is 34.1 Å². The molecule has 1 N–H and O–H groups in total. The second-order valence-corrected chi connectivity index (χ2v) is 10.1. The summed E-state index contributed by atoms with van der Waals surface area (Å²) < 4.78 is 2.21. The zero-order chi connectivity index (χ0) is 21.9. The molecule has 2 aromatic heterocycles. The van der Waals surface area contributed by atoms with Crippen LogP contribution >= 0.6 is 23.1 Å². The average molecular weight is 442 g/mol. The Hall–Kier alpha value is -2.38. The SMILES string of the molecule is C=CCn1c(SC(C)C(=O)NC(C)(C)CC)nc2cc(-c3ccccc3)sc2c1=O. The number of aromatic nitrogens is 2. The van der Waals surface area contributed by atoms with Crippen LogP contribution in [-0.2, 0) is 11.3 Å². The fraction of sp³-hybridized carbons (Fsp3) is 0.348. The summed E-state index contributed by atoms with van der Waals surface area (Å²) in [5.74, 6) is -0.0679. The molecule has 3 rings (SSSR count). The summed E-state index contributed by atoms with van der Waals surface area (Å²) >= 11 is 2.74. The Kier molecular flexibility index (Phi) is 6.83. The van der Waals surface area contributed by atoms with Crippen LogP contribution in [0.2, 0.25) is 0 Å². The summed E-state index contributed by atoms with van der Waals surface area (Å²) in [6, 6.07) is 11.9. The first-order chi connectivity index (χ1) is 14.3. The van der Waals surface area contributed by atoms with Gasteiger partial charge in [0.1, 0.15) is 4.70 Å². The number of thiophene rings is 1. The number of hydrogen-bond acceptors (Lipinski definition) is 5. The second-order valence-electron chi connectivity index (χ2n) is 7.78. The quantitative estimate of drug-likeness (QED) is 0.300. The van der Waals surface area contributed by atoms with Gasteiger partial charge in [-0.1, -0.05) is 55.1 Å². The van der Waals surface area contributed by atoms with E-state index in [9.17, 15) is 9.59 Å². The number of amides is 1. The molecular formula is C23H27N3O2S2. The van der Waals surface area contributed by atoms with E-state index in [4.69, 9.17) is 4.98 Å². The third kappa shape index (κ3) is 4.84. The van der Waals surface area contributed by atoms with Crippen molar-refractivity contribution in [1.29, 1.82) is 0 Å². The number of nitrogens with zero attached hydrogens (tertiary/aromatic N) is 2. The van der Waals surface area contributed by atoms with Crippen molar-refractivity contribution in [2.24, 2.45) is 0 Å². The first-order valence-corrected chi connectivity index (χ1v) is 11.6. The zero-order valence-electron chi connectivity index (χ0n) is 17.8. The van der Waals surface area contributed by atoms with E-state index in [2.05, 4.69) is 11.9 Å². The van der Waals surface area contributed by atoms with Crippen LogP contribution in [0.5, 0.6) is 0 Å². The maximum Gasteiger partial charge on any atom is 0.272 e. The van der Waals surface area contributed by atoms with Crippen molar-refractivity contribution in [2.75, 3.05) is 0 Å². The zero-order valence-corrected chi connectivity index (χ0v) is 19.4. The summed E-state index contributed by atoms with van der Waals surface area (Å²) in [5, 5.41) is 3.21. The minimum absolute atomic E-state index is 0.0679. The highest BCUT2D eigenvalue weighted by atomic mass is 32.2. The molecule has 30 heavy (non-hydrogen) atoms. The Labute approximate surface area is 185 Å². The molecule has 2 heterocycles.